The van der Waals surface area contributed by atoms with E-state index in [-0.39, 0.29) is 24.0 Å². The van der Waals surface area contributed by atoms with Gasteiger partial charge in [-0.2, -0.15) is 0 Å². The Morgan fingerprint density at radius 3 is 2.77 bits per heavy atom. The molecule has 0 radical (unpaired) electrons. The Morgan fingerprint density at radius 1 is 1.36 bits per heavy atom. The van der Waals surface area contributed by atoms with Crippen LogP contribution in [0.2, 0.25) is 0 Å². The van der Waals surface area contributed by atoms with Crippen molar-refractivity contribution in [1.29, 1.82) is 0 Å². The zero-order valence-corrected chi connectivity index (χ0v) is 14.1. The third-order valence-corrected chi connectivity index (χ3v) is 4.52. The molecule has 2 rings (SSSR count). The van der Waals surface area contributed by atoms with Crippen molar-refractivity contribution in [2.24, 2.45) is 5.41 Å². The number of aliphatic hydroxyl groups is 1. The second kappa shape index (κ2) is 7.28. The number of fused-ring (bicyclic) bond motifs is 1. The summed E-state index contributed by atoms with van der Waals surface area (Å²) in [5.74, 6) is 0.396. The third kappa shape index (κ3) is 4.84. The first-order valence-corrected chi connectivity index (χ1v) is 8.37. The van der Waals surface area contributed by atoms with E-state index in [2.05, 4.69) is 50.4 Å². The molecule has 0 fully saturated rings. The van der Waals surface area contributed by atoms with Crippen molar-refractivity contribution in [2.45, 2.75) is 64.8 Å². The first-order valence-electron chi connectivity index (χ1n) is 8.37. The van der Waals surface area contributed by atoms with E-state index in [9.17, 15) is 9.90 Å². The molecule has 0 aliphatic heterocycles. The van der Waals surface area contributed by atoms with Gasteiger partial charge in [-0.3, -0.25) is 4.79 Å². The standard InChI is InChI=1S/C19H29NO2/c1-19(2,3)11-10-16(13-21)20-18(22)12-15-9-8-14-6-4-5-7-17(14)15/h4-7,15-16,21H,8-13H2,1-3H3,(H,20,22)/t15-,16+/m1/s1. The average Bonchev–Trinajstić information content (AvgIpc) is 2.86. The largest absolute Gasteiger partial charge is 0.394 e. The monoisotopic (exact) mass is 303 g/mol. The Morgan fingerprint density at radius 2 is 2.09 bits per heavy atom. The highest BCUT2D eigenvalue weighted by Crippen LogP contribution is 2.35. The first kappa shape index (κ1) is 17.0. The van der Waals surface area contributed by atoms with E-state index < -0.39 is 0 Å². The molecule has 3 nitrogen and oxygen atoms in total. The van der Waals surface area contributed by atoms with Crippen molar-refractivity contribution in [3.63, 3.8) is 0 Å². The third-order valence-electron chi connectivity index (χ3n) is 4.52. The molecule has 2 N–H and O–H groups in total. The van der Waals surface area contributed by atoms with Gasteiger partial charge in [0.1, 0.15) is 0 Å². The Labute approximate surface area is 134 Å². The minimum Gasteiger partial charge on any atom is -0.394 e. The molecule has 0 saturated heterocycles. The summed E-state index contributed by atoms with van der Waals surface area (Å²) in [5, 5.41) is 12.5. The molecular formula is C19H29NO2. The van der Waals surface area contributed by atoms with Crippen LogP contribution in [-0.2, 0) is 11.2 Å². The van der Waals surface area contributed by atoms with E-state index in [1.54, 1.807) is 0 Å². The summed E-state index contributed by atoms with van der Waals surface area (Å²) in [7, 11) is 0. The predicted molar refractivity (Wildman–Crippen MR) is 89.8 cm³/mol. The van der Waals surface area contributed by atoms with Gasteiger partial charge in [-0.25, -0.2) is 0 Å². The number of benzene rings is 1. The highest BCUT2D eigenvalue weighted by atomic mass is 16.3. The Balaban J connectivity index is 1.85. The molecule has 0 unspecified atom stereocenters. The van der Waals surface area contributed by atoms with Gasteiger partial charge in [0.05, 0.1) is 12.6 Å². The molecule has 1 aliphatic carbocycles. The molecule has 0 saturated carbocycles. The van der Waals surface area contributed by atoms with E-state index >= 15 is 0 Å². The lowest BCUT2D eigenvalue weighted by molar-refractivity contribution is -0.122. The predicted octanol–water partition coefficient (Wildman–Crippen LogP) is 3.41. The SMILES string of the molecule is CC(C)(C)CC[C@@H](CO)NC(=O)C[C@H]1CCc2ccccc21. The molecule has 122 valence electrons. The van der Waals surface area contributed by atoms with Crippen LogP contribution in [0.3, 0.4) is 0 Å². The number of carbonyl (C=O) groups is 1. The van der Waals surface area contributed by atoms with Crippen LogP contribution >= 0.6 is 0 Å². The minimum absolute atomic E-state index is 0.0169. The first-order chi connectivity index (χ1) is 10.4. The number of nitrogens with one attached hydrogen (secondary N) is 1. The van der Waals surface area contributed by atoms with Gasteiger partial charge in [-0.15, -0.1) is 0 Å². The summed E-state index contributed by atoms with van der Waals surface area (Å²) in [6, 6.07) is 8.30. The van der Waals surface area contributed by atoms with Gasteiger partial charge in [0, 0.05) is 6.42 Å². The molecule has 1 aliphatic rings. The maximum atomic E-state index is 12.3. The van der Waals surface area contributed by atoms with Crippen molar-refractivity contribution in [2.75, 3.05) is 6.61 Å². The minimum atomic E-state index is -0.122. The summed E-state index contributed by atoms with van der Waals surface area (Å²) < 4.78 is 0. The topological polar surface area (TPSA) is 49.3 Å². The van der Waals surface area contributed by atoms with Crippen molar-refractivity contribution < 1.29 is 9.90 Å². The summed E-state index contributed by atoms with van der Waals surface area (Å²) in [6.07, 6.45) is 4.47. The van der Waals surface area contributed by atoms with E-state index in [1.165, 1.54) is 11.1 Å². The van der Waals surface area contributed by atoms with Crippen molar-refractivity contribution in [3.05, 3.63) is 35.4 Å². The van der Waals surface area contributed by atoms with Crippen molar-refractivity contribution >= 4 is 5.91 Å². The fourth-order valence-corrected chi connectivity index (χ4v) is 3.18. The molecule has 0 bridgehead atoms. The zero-order valence-electron chi connectivity index (χ0n) is 14.1. The normalized spacial score (nSPS) is 18.8. The lowest BCUT2D eigenvalue weighted by Gasteiger charge is -2.23. The van der Waals surface area contributed by atoms with E-state index in [4.69, 9.17) is 0 Å². The highest BCUT2D eigenvalue weighted by Gasteiger charge is 2.25. The number of hydrogen-bond acceptors (Lipinski definition) is 2. The summed E-state index contributed by atoms with van der Waals surface area (Å²) >= 11 is 0. The lowest BCUT2D eigenvalue weighted by Crippen LogP contribution is -2.38. The van der Waals surface area contributed by atoms with E-state index in [0.29, 0.717) is 12.3 Å². The number of hydrogen-bond donors (Lipinski definition) is 2. The van der Waals surface area contributed by atoms with Gasteiger partial charge < -0.3 is 10.4 Å². The molecule has 0 spiro atoms. The van der Waals surface area contributed by atoms with Crippen molar-refractivity contribution in [1.82, 2.24) is 5.32 Å². The molecule has 0 heterocycles. The molecule has 1 aromatic carbocycles. The van der Waals surface area contributed by atoms with Gasteiger partial charge in [0.15, 0.2) is 0 Å². The number of aryl methyl sites for hydroxylation is 1. The van der Waals surface area contributed by atoms with Crippen LogP contribution in [0.15, 0.2) is 24.3 Å². The molecule has 2 atom stereocenters. The Kier molecular flexibility index (Phi) is 5.63. The van der Waals surface area contributed by atoms with Crippen LogP contribution in [0.25, 0.3) is 0 Å². The smallest absolute Gasteiger partial charge is 0.220 e. The van der Waals surface area contributed by atoms with E-state index in [0.717, 1.165) is 25.7 Å². The van der Waals surface area contributed by atoms with Gasteiger partial charge in [0.2, 0.25) is 5.91 Å². The maximum Gasteiger partial charge on any atom is 0.220 e. The summed E-state index contributed by atoms with van der Waals surface area (Å²) in [6.45, 7) is 6.55. The lowest BCUT2D eigenvalue weighted by atomic mass is 9.88. The quantitative estimate of drug-likeness (QED) is 0.846. The molecule has 1 amide bonds. The van der Waals surface area contributed by atoms with Crippen LogP contribution in [-0.4, -0.2) is 23.7 Å². The van der Waals surface area contributed by atoms with Gasteiger partial charge in [-0.05, 0) is 48.1 Å². The Hall–Kier alpha value is -1.35. The van der Waals surface area contributed by atoms with Gasteiger partial charge in [-0.1, -0.05) is 45.0 Å². The molecule has 22 heavy (non-hydrogen) atoms. The number of carbonyl (C=O) groups excluding carboxylic acids is 1. The number of amides is 1. The van der Waals surface area contributed by atoms with Crippen LogP contribution in [0, 0.1) is 5.41 Å². The van der Waals surface area contributed by atoms with Crippen molar-refractivity contribution in [3.8, 4) is 0 Å². The van der Waals surface area contributed by atoms with Crippen LogP contribution < -0.4 is 5.32 Å². The molecule has 1 aromatic rings. The van der Waals surface area contributed by atoms with Crippen LogP contribution in [0.5, 0.6) is 0 Å². The fourth-order valence-electron chi connectivity index (χ4n) is 3.18. The second-order valence-electron chi connectivity index (χ2n) is 7.68. The molecule has 3 heteroatoms. The zero-order chi connectivity index (χ0) is 16.2. The van der Waals surface area contributed by atoms with Crippen LogP contribution in [0.4, 0.5) is 0 Å². The highest BCUT2D eigenvalue weighted by molar-refractivity contribution is 5.77. The second-order valence-corrected chi connectivity index (χ2v) is 7.68. The van der Waals surface area contributed by atoms with Gasteiger partial charge in [0.25, 0.3) is 0 Å². The molecular weight excluding hydrogens is 274 g/mol. The maximum absolute atomic E-state index is 12.3. The number of aliphatic hydroxyl groups excluding tert-OH is 1. The summed E-state index contributed by atoms with van der Waals surface area (Å²) in [4.78, 5) is 12.3. The molecule has 0 aromatic heterocycles. The van der Waals surface area contributed by atoms with E-state index in [1.807, 2.05) is 0 Å². The van der Waals surface area contributed by atoms with Crippen LogP contribution in [0.1, 0.15) is 63.5 Å². The number of rotatable bonds is 6. The fraction of sp³-hybridized carbons (Fsp3) is 0.632. The summed E-state index contributed by atoms with van der Waals surface area (Å²) in [5.41, 5.74) is 2.93. The average molecular weight is 303 g/mol. The van der Waals surface area contributed by atoms with Gasteiger partial charge >= 0.3 is 0 Å². The Bertz CT molecular complexity index is 504.